The SMILES string of the molecule is COC(=O)C1=C(C(=O)OC)[C@H](c2ccccc2)N(c2ccccc2)[C@H]1C(=O)OCCC(F)(F)C(F)(F)C(F)(F)C(F)(F)C(F)(F)C(F)(F)F. The van der Waals surface area contributed by atoms with Crippen LogP contribution in [0.5, 0.6) is 0 Å². The van der Waals surface area contributed by atoms with Gasteiger partial charge in [-0.3, -0.25) is 0 Å². The number of carbonyl (C=O) groups excluding carboxylic acids is 3. The number of hydrogen-bond donors (Lipinski definition) is 0. The van der Waals surface area contributed by atoms with Gasteiger partial charge in [0.15, 0.2) is 6.04 Å². The lowest BCUT2D eigenvalue weighted by Gasteiger charge is -2.39. The highest BCUT2D eigenvalue weighted by Crippen LogP contribution is 2.60. The van der Waals surface area contributed by atoms with Gasteiger partial charge in [0, 0.05) is 5.69 Å². The molecule has 7 nitrogen and oxygen atoms in total. The Kier molecular flexibility index (Phi) is 10.7. The Morgan fingerprint density at radius 2 is 1.08 bits per heavy atom. The van der Waals surface area contributed by atoms with Gasteiger partial charge in [-0.2, -0.15) is 57.1 Å². The highest BCUT2D eigenvalue weighted by molar-refractivity contribution is 6.10. The summed E-state index contributed by atoms with van der Waals surface area (Å²) in [7, 11) is 1.69. The molecule has 2 aromatic rings. The van der Waals surface area contributed by atoms with E-state index in [9.17, 15) is 71.5 Å². The summed E-state index contributed by atoms with van der Waals surface area (Å²) in [4.78, 5) is 40.5. The topological polar surface area (TPSA) is 82.1 Å². The van der Waals surface area contributed by atoms with Gasteiger partial charge < -0.3 is 19.1 Å². The van der Waals surface area contributed by atoms with E-state index in [1.54, 1.807) is 6.07 Å². The van der Waals surface area contributed by atoms with Gasteiger partial charge in [-0.1, -0.05) is 48.5 Å². The zero-order valence-corrected chi connectivity index (χ0v) is 24.7. The van der Waals surface area contributed by atoms with Gasteiger partial charge in [-0.15, -0.1) is 0 Å². The Labute approximate surface area is 267 Å². The lowest BCUT2D eigenvalue weighted by Crippen LogP contribution is -2.70. The first-order valence-electron chi connectivity index (χ1n) is 13.4. The molecule has 2 aromatic carbocycles. The monoisotopic (exact) mass is 727 g/mol. The van der Waals surface area contributed by atoms with Crippen molar-refractivity contribution in [1.82, 2.24) is 0 Å². The Balaban J connectivity index is 2.05. The number of para-hydroxylation sites is 1. The van der Waals surface area contributed by atoms with Gasteiger partial charge in [-0.25, -0.2) is 14.4 Å². The molecule has 1 aliphatic heterocycles. The Hall–Kier alpha value is -4.52. The van der Waals surface area contributed by atoms with E-state index in [-0.39, 0.29) is 11.3 Å². The van der Waals surface area contributed by atoms with E-state index in [1.807, 2.05) is 0 Å². The number of benzene rings is 2. The zero-order chi connectivity index (χ0) is 37.4. The molecule has 0 spiro atoms. The number of esters is 3. The highest BCUT2D eigenvalue weighted by atomic mass is 19.4. The molecule has 0 saturated heterocycles. The third-order valence-corrected chi connectivity index (χ3v) is 7.26. The van der Waals surface area contributed by atoms with Crippen molar-refractivity contribution in [2.24, 2.45) is 0 Å². The quantitative estimate of drug-likeness (QED) is 0.133. The Morgan fingerprint density at radius 1 is 0.633 bits per heavy atom. The van der Waals surface area contributed by atoms with Crippen molar-refractivity contribution in [1.29, 1.82) is 0 Å². The molecule has 270 valence electrons. The standard InChI is InChI=1S/C29H22F13NO6/c1-47-21(44)17-18(22(45)48-2)20(43(16-11-7-4-8-12-16)19(17)15-9-5-3-6-10-15)23(46)49-14-13-24(30,31)25(32,33)26(34,35)27(36,37)28(38,39)29(40,41)42/h3-12,19-20H,13-14H2,1-2H3/t19-,20+/m0/s1. The van der Waals surface area contributed by atoms with E-state index < -0.39 is 90.0 Å². The third-order valence-electron chi connectivity index (χ3n) is 7.26. The molecule has 1 aliphatic rings. The molecule has 0 radical (unpaired) electrons. The van der Waals surface area contributed by atoms with Crippen LogP contribution < -0.4 is 4.90 Å². The second-order valence-electron chi connectivity index (χ2n) is 10.2. The Morgan fingerprint density at radius 3 is 1.55 bits per heavy atom. The molecular weight excluding hydrogens is 705 g/mol. The van der Waals surface area contributed by atoms with Crippen molar-refractivity contribution in [3.63, 3.8) is 0 Å². The van der Waals surface area contributed by atoms with E-state index in [2.05, 4.69) is 9.47 Å². The number of halogens is 13. The van der Waals surface area contributed by atoms with Gasteiger partial charge in [-0.05, 0) is 17.7 Å². The van der Waals surface area contributed by atoms with Crippen molar-refractivity contribution >= 4 is 23.6 Å². The maximum atomic E-state index is 14.4. The first kappa shape index (κ1) is 38.9. The molecule has 0 saturated carbocycles. The predicted octanol–water partition coefficient (Wildman–Crippen LogP) is 6.93. The molecule has 0 N–H and O–H groups in total. The minimum Gasteiger partial charge on any atom is -0.466 e. The van der Waals surface area contributed by atoms with E-state index in [0.29, 0.717) is 0 Å². The molecule has 0 fully saturated rings. The van der Waals surface area contributed by atoms with Crippen molar-refractivity contribution in [3.05, 3.63) is 77.4 Å². The van der Waals surface area contributed by atoms with Crippen LogP contribution in [0.4, 0.5) is 62.8 Å². The fourth-order valence-corrected chi connectivity index (χ4v) is 4.79. The van der Waals surface area contributed by atoms with Gasteiger partial charge in [0.1, 0.15) is 0 Å². The maximum Gasteiger partial charge on any atom is 0.460 e. The van der Waals surface area contributed by atoms with Crippen LogP contribution in [0, 0.1) is 0 Å². The number of alkyl halides is 13. The van der Waals surface area contributed by atoms with Crippen LogP contribution in [0.3, 0.4) is 0 Å². The van der Waals surface area contributed by atoms with Crippen LogP contribution in [0.25, 0.3) is 0 Å². The van der Waals surface area contributed by atoms with Gasteiger partial charge >= 0.3 is 53.7 Å². The minimum atomic E-state index is -8.10. The number of methoxy groups -OCH3 is 2. The van der Waals surface area contributed by atoms with Gasteiger partial charge in [0.05, 0.1) is 44.4 Å². The number of rotatable bonds is 12. The average Bonchev–Trinajstić information content (AvgIpc) is 3.40. The van der Waals surface area contributed by atoms with Crippen LogP contribution in [0.1, 0.15) is 18.0 Å². The summed E-state index contributed by atoms with van der Waals surface area (Å²) in [6.07, 6.45) is -10.4. The predicted molar refractivity (Wildman–Crippen MR) is 139 cm³/mol. The summed E-state index contributed by atoms with van der Waals surface area (Å²) in [5.41, 5.74) is -1.15. The maximum absolute atomic E-state index is 14.4. The number of anilines is 1. The van der Waals surface area contributed by atoms with Crippen LogP contribution in [-0.4, -0.2) is 80.6 Å². The third kappa shape index (κ3) is 6.48. The van der Waals surface area contributed by atoms with E-state index in [1.165, 1.54) is 54.6 Å². The molecule has 0 amide bonds. The van der Waals surface area contributed by atoms with Crippen molar-refractivity contribution in [2.45, 2.75) is 54.3 Å². The first-order chi connectivity index (χ1) is 22.4. The van der Waals surface area contributed by atoms with Crippen LogP contribution >= 0.6 is 0 Å². The molecule has 0 unspecified atom stereocenters. The van der Waals surface area contributed by atoms with Crippen molar-refractivity contribution in [3.8, 4) is 0 Å². The van der Waals surface area contributed by atoms with E-state index in [4.69, 9.17) is 4.74 Å². The lowest BCUT2D eigenvalue weighted by molar-refractivity contribution is -0.440. The second-order valence-corrected chi connectivity index (χ2v) is 10.2. The minimum absolute atomic E-state index is 0.0305. The second kappa shape index (κ2) is 13.4. The first-order valence-corrected chi connectivity index (χ1v) is 13.4. The number of nitrogens with zero attached hydrogens (tertiary/aromatic N) is 1. The van der Waals surface area contributed by atoms with Gasteiger partial charge in [0.2, 0.25) is 0 Å². The molecular formula is C29H22F13NO6. The summed E-state index contributed by atoms with van der Waals surface area (Å²) in [5.74, 6) is -42.6. The summed E-state index contributed by atoms with van der Waals surface area (Å²) in [6, 6.07) is 10.7. The smallest absolute Gasteiger partial charge is 0.460 e. The average molecular weight is 727 g/mol. The molecule has 3 rings (SSSR count). The summed E-state index contributed by atoms with van der Waals surface area (Å²) < 4.78 is 190. The lowest BCUT2D eigenvalue weighted by atomic mass is 9.93. The van der Waals surface area contributed by atoms with Crippen molar-refractivity contribution in [2.75, 3.05) is 25.7 Å². The number of carbonyl (C=O) groups is 3. The summed E-state index contributed by atoms with van der Waals surface area (Å²) in [6.45, 7) is -2.09. The van der Waals surface area contributed by atoms with Crippen LogP contribution in [-0.2, 0) is 28.6 Å². The number of hydrogen-bond acceptors (Lipinski definition) is 7. The van der Waals surface area contributed by atoms with Crippen LogP contribution in [0.2, 0.25) is 0 Å². The van der Waals surface area contributed by atoms with Crippen LogP contribution in [0.15, 0.2) is 71.8 Å². The molecule has 49 heavy (non-hydrogen) atoms. The molecule has 0 bridgehead atoms. The summed E-state index contributed by atoms with van der Waals surface area (Å²) in [5, 5.41) is 0. The van der Waals surface area contributed by atoms with E-state index in [0.717, 1.165) is 19.1 Å². The Bertz CT molecular complexity index is 1560. The van der Waals surface area contributed by atoms with E-state index >= 15 is 0 Å². The largest absolute Gasteiger partial charge is 0.466 e. The molecule has 2 atom stereocenters. The fraction of sp³-hybridized carbons (Fsp3) is 0.414. The normalized spacial score (nSPS) is 18.0. The summed E-state index contributed by atoms with van der Waals surface area (Å²) >= 11 is 0. The molecule has 0 aliphatic carbocycles. The molecule has 1 heterocycles. The fourth-order valence-electron chi connectivity index (χ4n) is 4.79. The zero-order valence-electron chi connectivity index (χ0n) is 24.7. The van der Waals surface area contributed by atoms with Crippen molar-refractivity contribution < 1.29 is 85.7 Å². The molecule has 0 aromatic heterocycles. The number of ether oxygens (including phenoxy) is 3. The van der Waals surface area contributed by atoms with Gasteiger partial charge in [0.25, 0.3) is 0 Å². The highest BCUT2D eigenvalue weighted by Gasteiger charge is 2.90. The molecule has 20 heteroatoms.